The number of aliphatic carboxylic acids is 2. The zero-order valence-corrected chi connectivity index (χ0v) is 89.2. The Bertz CT molecular complexity index is 6880. The van der Waals surface area contributed by atoms with Crippen molar-refractivity contribution in [1.29, 1.82) is 0 Å². The van der Waals surface area contributed by atoms with Crippen LogP contribution in [0.15, 0.2) is 245 Å². The molecule has 18 rings (SSSR count). The Balaban J connectivity index is 0.000000181. The molecule has 0 radical (unpaired) electrons. The van der Waals surface area contributed by atoms with Crippen LogP contribution in [0.2, 0.25) is 0 Å². The summed E-state index contributed by atoms with van der Waals surface area (Å²) in [7, 11) is -10.00. The van der Waals surface area contributed by atoms with Crippen LogP contribution in [0, 0.1) is 87.8 Å². The van der Waals surface area contributed by atoms with Crippen LogP contribution in [-0.2, 0) is 118 Å². The van der Waals surface area contributed by atoms with E-state index < -0.39 is 102 Å². The molecule has 4 saturated carbocycles. The number of aromatic nitrogens is 6. The first-order chi connectivity index (χ1) is 70.0. The quantitative estimate of drug-likeness (QED) is 0.00585. The predicted molar refractivity (Wildman–Crippen MR) is 555 cm³/mol. The molecule has 4 fully saturated rings. The third-order valence-corrected chi connectivity index (χ3v) is 31.6. The molecule has 6 aliphatic rings. The number of methoxy groups -OCH3 is 1. The molecule has 10 N–H and O–H groups in total. The number of carbonyl (C=O) groups is 6. The van der Waals surface area contributed by atoms with Crippen molar-refractivity contribution < 1.29 is 127 Å². The Morgan fingerprint density at radius 3 is 1.42 bits per heavy atom. The molecule has 12 aromatic rings. The van der Waals surface area contributed by atoms with Gasteiger partial charge in [0.1, 0.15) is 24.5 Å². The summed E-state index contributed by atoms with van der Waals surface area (Å²) in [6, 6.07) is 62.1. The maximum absolute atomic E-state index is 14.4. The Morgan fingerprint density at radius 2 is 0.966 bits per heavy atom. The van der Waals surface area contributed by atoms with Gasteiger partial charge in [0.2, 0.25) is 36.0 Å². The summed E-state index contributed by atoms with van der Waals surface area (Å²) in [4.78, 5) is 97.6. The Kier molecular flexibility index (Phi) is 43.3. The second kappa shape index (κ2) is 55.3. The number of esters is 2. The molecule has 4 aliphatic carbocycles. The second-order valence-electron chi connectivity index (χ2n) is 37.8. The third kappa shape index (κ3) is 33.9. The van der Waals surface area contributed by atoms with Gasteiger partial charge in [0.15, 0.2) is 22.9 Å². The first kappa shape index (κ1) is 116. The van der Waals surface area contributed by atoms with E-state index in [-0.39, 0.29) is 115 Å². The normalized spacial score (nSPS) is 18.6. The number of halogens is 1. The molecule has 1 amide bonds. The molecule has 39 heteroatoms. The zero-order valence-electron chi connectivity index (χ0n) is 84.0. The molecule has 6 aromatic heterocycles. The third-order valence-electron chi connectivity index (χ3n) is 26.7. The van der Waals surface area contributed by atoms with Crippen LogP contribution in [0.25, 0.3) is 22.1 Å². The van der Waals surface area contributed by atoms with Gasteiger partial charge in [-0.15, -0.1) is 0 Å². The van der Waals surface area contributed by atoms with Crippen molar-refractivity contribution in [3.05, 3.63) is 304 Å². The van der Waals surface area contributed by atoms with Crippen LogP contribution in [0.3, 0.4) is 0 Å². The number of carbonyl (C=O) groups excluding carboxylic acids is 4. The van der Waals surface area contributed by atoms with E-state index in [4.69, 9.17) is 24.2 Å². The summed E-state index contributed by atoms with van der Waals surface area (Å²) in [5, 5.41) is 30.1. The number of sulfonamides is 3. The fourth-order valence-electron chi connectivity index (χ4n) is 17.8. The summed E-state index contributed by atoms with van der Waals surface area (Å²) in [6.07, 6.45) is 15.3. The van der Waals surface area contributed by atoms with Gasteiger partial charge in [0.05, 0.1) is 58.6 Å². The van der Waals surface area contributed by atoms with E-state index in [0.29, 0.717) is 94.1 Å². The summed E-state index contributed by atoms with van der Waals surface area (Å²) in [5.41, 5.74) is 12.9. The number of anilines is 3. The SMILES string of the molecule is CCCCOC(=O)C1CC(C=O)C1.COc1ccc([C@H](CC(=O)O)NC(=O)C2CC(C(Cc3ccc4c(n3)NCCC4)NS(=O)(=O)c3ccc(C)cc3)C2)cc1F.Cc1ccc(NS(=O)[O-])cc1.Cc1ccc(S(=O)(=O)NC(Cc2ccc3c(n2)NCCC3)C2CC(C(=O)O)C2)cc1.Cc1ccc(S(=O)(=O)NC(Cc2ccc3cccnc3n2)C2CC(C(=O)OCc3ccccc3)C2)cc1.Cc1ccc2cccnc2n1.[Na+].[OH-]. The molecule has 2 aliphatic heterocycles. The van der Waals surface area contributed by atoms with Crippen molar-refractivity contribution in [2.24, 2.45) is 47.3 Å². The standard InChI is InChI=1S/C32H37FN4O6S.C29H29N3O4S.C22H27N3O4S.C10H16O3.C9H8N2.C7H9NO2S.Na.H2O/c1-19-5-10-25(11-6-19)44(41,42)37-28(17-24-9-7-20-4-3-13-34-31(20)35-24)22-14-23(15-22)32(40)36-27(18-30(38)39)21-8-12-29(43-2)26(33)16-21;1-20-9-13-26(14-10-20)37(34,35)32-27(18-25-12-11-22-8-5-15-30-28(22)31-25)23-16-24(17-23)29(33)36-19-21-6-3-2-4-7-21;1-14-4-8-19(9-5-14)30(28,29)25-20(16-11-17(12-16)22(26)27)13-18-7-6-15-3-2-10-23-21(15)24-18;1-2-3-4-13-10(12)9-5-8(6-9)7-11;1-7-4-5-8-3-2-6-10-9(8)11-7;1-6-2-4-7(5-3-6)8-11(9)10;;/h5-12,16,22-23,27-28,37H,3-4,13-15,17-18H2,1-2H3,(H,34,35)(H,36,40)(H,38,39);2-15,23-24,27,32H,16-19H2,1H3;4-9,16-17,20,25H,2-3,10-13H2,1H3,(H,23,24)(H,26,27);7-9H,2-6H2,1H3;2-6H,1H3;2-5,8H,1H3,(H,9,10);;1H2/q;;;;;;+1;/p-2/t22?,23?,27-,28?;;;;;;;/m0......./s1. The van der Waals surface area contributed by atoms with Crippen LogP contribution in [0.1, 0.15) is 164 Å². The average molecular weight is 2110 g/mol. The van der Waals surface area contributed by atoms with Gasteiger partial charge in [-0.1, -0.05) is 133 Å². The fraction of sp³-hybridized carbons (Fsp3) is 0.376. The zero-order chi connectivity index (χ0) is 104. The molecular weight excluding hydrogens is 1980 g/mol. The monoisotopic (exact) mass is 2110 g/mol. The van der Waals surface area contributed by atoms with Gasteiger partial charge in [-0.05, 0) is 279 Å². The molecule has 6 aromatic carbocycles. The van der Waals surface area contributed by atoms with E-state index >= 15 is 0 Å². The number of rotatable bonds is 35. The maximum atomic E-state index is 14.4. The van der Waals surface area contributed by atoms with E-state index in [1.807, 2.05) is 144 Å². The average Bonchev–Trinajstić information content (AvgIpc) is 0.787. The molecule has 0 spiro atoms. The number of hydrogen-bond acceptors (Lipinski definition) is 26. The Morgan fingerprint density at radius 1 is 0.527 bits per heavy atom. The van der Waals surface area contributed by atoms with Crippen LogP contribution >= 0.6 is 0 Å². The number of carboxylic acids is 2. The number of unbranched alkanes of at least 4 members (excludes halogenated alkanes) is 1. The minimum atomic E-state index is -3.86. The molecule has 0 saturated heterocycles. The van der Waals surface area contributed by atoms with Crippen molar-refractivity contribution in [1.82, 2.24) is 49.4 Å². The number of nitrogens with zero attached hydrogens (tertiary/aromatic N) is 6. The molecule has 780 valence electrons. The summed E-state index contributed by atoms with van der Waals surface area (Å²) >= 11 is -2.22. The summed E-state index contributed by atoms with van der Waals surface area (Å²) < 4.78 is 140. The minimum absolute atomic E-state index is 0. The van der Waals surface area contributed by atoms with Crippen molar-refractivity contribution >= 4 is 117 Å². The largest absolute Gasteiger partial charge is 1.00 e. The number of benzene rings is 6. The predicted octanol–water partition coefficient (Wildman–Crippen LogP) is 13.0. The first-order valence-electron chi connectivity index (χ1n) is 49.0. The number of aryl methyl sites for hydroxylation is 7. The van der Waals surface area contributed by atoms with E-state index in [9.17, 15) is 77.4 Å². The molecule has 8 heterocycles. The number of fused-ring (bicyclic) bond motifs is 4. The van der Waals surface area contributed by atoms with Gasteiger partial charge >= 0.3 is 53.4 Å². The van der Waals surface area contributed by atoms with E-state index in [0.717, 1.165) is 148 Å². The van der Waals surface area contributed by atoms with Gasteiger partial charge in [0.25, 0.3) is 0 Å². The number of aldehydes is 1. The van der Waals surface area contributed by atoms with Crippen LogP contribution in [0.4, 0.5) is 21.7 Å². The van der Waals surface area contributed by atoms with Crippen molar-refractivity contribution in [3.8, 4) is 5.75 Å². The topological polar surface area (TPSA) is 505 Å². The number of carboxylic acid groups (broad SMARTS) is 2. The summed E-state index contributed by atoms with van der Waals surface area (Å²) in [6.45, 7) is 14.1. The molecule has 5 atom stereocenters. The second-order valence-corrected chi connectivity index (χ2v) is 43.6. The summed E-state index contributed by atoms with van der Waals surface area (Å²) in [5.74, 6) is -2.85. The van der Waals surface area contributed by atoms with Gasteiger partial charge in [-0.25, -0.2) is 73.7 Å². The maximum Gasteiger partial charge on any atom is 1.00 e. The molecule has 33 nitrogen and oxygen atoms in total. The van der Waals surface area contributed by atoms with E-state index in [1.165, 1.54) is 24.8 Å². The molecule has 4 unspecified atom stereocenters. The van der Waals surface area contributed by atoms with Crippen molar-refractivity contribution in [2.75, 3.05) is 42.2 Å². The number of ether oxygens (including phenoxy) is 3. The van der Waals surface area contributed by atoms with Crippen LogP contribution in [0.5, 0.6) is 5.75 Å². The van der Waals surface area contributed by atoms with Gasteiger partial charge in [-0.2, -0.15) is 0 Å². The Labute approximate surface area is 887 Å². The Hall–Kier alpha value is -12.3. The number of nitrogens with one attached hydrogen (secondary N) is 7. The molecular formula is C109H126FN13NaO20S4-. The molecule has 148 heavy (non-hydrogen) atoms. The van der Waals surface area contributed by atoms with E-state index in [2.05, 4.69) is 67.8 Å². The van der Waals surface area contributed by atoms with Crippen molar-refractivity contribution in [3.63, 3.8) is 0 Å². The van der Waals surface area contributed by atoms with E-state index in [1.54, 1.807) is 97.3 Å². The van der Waals surface area contributed by atoms with Crippen LogP contribution < -0.4 is 69.1 Å². The smallest absolute Gasteiger partial charge is 0.870 e. The first-order valence-corrected chi connectivity index (χ1v) is 54.5. The molecule has 0 bridgehead atoms. The number of hydrogen-bond donors (Lipinski definition) is 9. The van der Waals surface area contributed by atoms with Gasteiger partial charge in [0, 0.05) is 125 Å². The number of amides is 1. The van der Waals surface area contributed by atoms with Gasteiger partial charge in [-0.3, -0.25) is 28.2 Å². The van der Waals surface area contributed by atoms with Crippen molar-refractivity contribution in [2.45, 2.75) is 203 Å². The van der Waals surface area contributed by atoms with Gasteiger partial charge < -0.3 is 59.9 Å². The van der Waals surface area contributed by atoms with Crippen LogP contribution in [-0.4, -0.2) is 161 Å². The minimum Gasteiger partial charge on any atom is -0.870 e. The fourth-order valence-corrected chi connectivity index (χ4v) is 22.1. The number of pyridine rings is 6.